The highest BCUT2D eigenvalue weighted by Gasteiger charge is 2.21. The molecule has 0 saturated carbocycles. The first-order valence-corrected chi connectivity index (χ1v) is 8.15. The van der Waals surface area contributed by atoms with E-state index in [0.717, 1.165) is 4.31 Å². The summed E-state index contributed by atoms with van der Waals surface area (Å²) in [4.78, 5) is 23.5. The van der Waals surface area contributed by atoms with Gasteiger partial charge in [0.25, 0.3) is 5.91 Å². The molecule has 0 bridgehead atoms. The summed E-state index contributed by atoms with van der Waals surface area (Å²) >= 11 is 0. The van der Waals surface area contributed by atoms with Crippen LogP contribution in [0.3, 0.4) is 0 Å². The van der Waals surface area contributed by atoms with Gasteiger partial charge in [-0.15, -0.1) is 0 Å². The van der Waals surface area contributed by atoms with E-state index in [9.17, 15) is 18.0 Å². The van der Waals surface area contributed by atoms with E-state index in [0.29, 0.717) is 6.54 Å². The average Bonchev–Trinajstić information content (AvgIpc) is 2.47. The number of nitrogens with zero attached hydrogens (tertiary/aromatic N) is 1. The lowest BCUT2D eigenvalue weighted by molar-refractivity contribution is -0.128. The van der Waals surface area contributed by atoms with Crippen molar-refractivity contribution in [2.75, 3.05) is 20.6 Å². The van der Waals surface area contributed by atoms with Crippen molar-refractivity contribution in [2.45, 2.75) is 24.8 Å². The number of likely N-dealkylation sites (N-methyl/N-ethyl adjacent to an activating group) is 1. The van der Waals surface area contributed by atoms with Crippen LogP contribution < -0.4 is 5.32 Å². The molecule has 1 rings (SSSR count). The summed E-state index contributed by atoms with van der Waals surface area (Å²) in [5.41, 5.74) is 0.0686. The molecule has 22 heavy (non-hydrogen) atoms. The average molecular weight is 328 g/mol. The zero-order valence-electron chi connectivity index (χ0n) is 13.0. The Kier molecular flexibility index (Phi) is 6.07. The molecule has 122 valence electrons. The molecule has 0 aliphatic heterocycles. The number of hydrogen-bond acceptors (Lipinski definition) is 5. The van der Waals surface area contributed by atoms with Crippen LogP contribution in [0.5, 0.6) is 0 Å². The third kappa shape index (κ3) is 4.28. The SMILES string of the molecule is CCNC(=O)[C@@H](C)OC(=O)c1cccc(S(=O)(=O)N(C)C)c1. The van der Waals surface area contributed by atoms with Crippen LogP contribution in [0.25, 0.3) is 0 Å². The maximum Gasteiger partial charge on any atom is 0.338 e. The molecule has 0 spiro atoms. The predicted octanol–water partition coefficient (Wildman–Crippen LogP) is 0.618. The lowest BCUT2D eigenvalue weighted by Gasteiger charge is -2.14. The van der Waals surface area contributed by atoms with E-state index in [1.165, 1.54) is 45.3 Å². The van der Waals surface area contributed by atoms with Crippen LogP contribution in [0.15, 0.2) is 29.2 Å². The van der Waals surface area contributed by atoms with E-state index in [1.807, 2.05) is 0 Å². The normalized spacial score (nSPS) is 12.8. The van der Waals surface area contributed by atoms with Crippen LogP contribution in [0.4, 0.5) is 0 Å². The highest BCUT2D eigenvalue weighted by Crippen LogP contribution is 2.16. The Hall–Kier alpha value is -1.93. The number of benzene rings is 1. The first-order valence-electron chi connectivity index (χ1n) is 6.71. The van der Waals surface area contributed by atoms with Gasteiger partial charge in [-0.25, -0.2) is 17.5 Å². The summed E-state index contributed by atoms with van der Waals surface area (Å²) in [7, 11) is -0.839. The molecule has 0 aliphatic rings. The maximum atomic E-state index is 12.0. The minimum atomic E-state index is -3.64. The Balaban J connectivity index is 2.95. The number of sulfonamides is 1. The van der Waals surface area contributed by atoms with Crippen molar-refractivity contribution in [3.8, 4) is 0 Å². The molecule has 1 N–H and O–H groups in total. The zero-order valence-corrected chi connectivity index (χ0v) is 13.8. The zero-order chi connectivity index (χ0) is 16.9. The number of carbonyl (C=O) groups is 2. The summed E-state index contributed by atoms with van der Waals surface area (Å²) < 4.78 is 30.1. The summed E-state index contributed by atoms with van der Waals surface area (Å²) in [6.45, 7) is 3.63. The van der Waals surface area contributed by atoms with E-state index < -0.39 is 28.0 Å². The van der Waals surface area contributed by atoms with Gasteiger partial charge in [0.1, 0.15) is 0 Å². The fraction of sp³-hybridized carbons (Fsp3) is 0.429. The lowest BCUT2D eigenvalue weighted by atomic mass is 10.2. The number of nitrogens with one attached hydrogen (secondary N) is 1. The van der Waals surface area contributed by atoms with Gasteiger partial charge in [-0.1, -0.05) is 6.07 Å². The van der Waals surface area contributed by atoms with Crippen LogP contribution >= 0.6 is 0 Å². The third-order valence-corrected chi connectivity index (χ3v) is 4.66. The molecule has 8 heteroatoms. The van der Waals surface area contributed by atoms with Gasteiger partial charge in [-0.3, -0.25) is 4.79 Å². The molecule has 0 saturated heterocycles. The number of carbonyl (C=O) groups excluding carboxylic acids is 2. The van der Waals surface area contributed by atoms with Gasteiger partial charge in [0, 0.05) is 20.6 Å². The molecule has 0 aromatic heterocycles. The van der Waals surface area contributed by atoms with E-state index in [4.69, 9.17) is 4.74 Å². The van der Waals surface area contributed by atoms with Crippen LogP contribution in [0, 0.1) is 0 Å². The molecule has 1 aromatic rings. The Bertz CT molecular complexity index is 655. The monoisotopic (exact) mass is 328 g/mol. The Labute approximate surface area is 130 Å². The summed E-state index contributed by atoms with van der Waals surface area (Å²) in [6.07, 6.45) is -0.957. The van der Waals surface area contributed by atoms with Crippen molar-refractivity contribution in [3.63, 3.8) is 0 Å². The fourth-order valence-corrected chi connectivity index (χ4v) is 2.54. The van der Waals surface area contributed by atoms with Crippen molar-refractivity contribution < 1.29 is 22.7 Å². The molecule has 0 fully saturated rings. The van der Waals surface area contributed by atoms with E-state index >= 15 is 0 Å². The fourth-order valence-electron chi connectivity index (χ4n) is 1.59. The smallest absolute Gasteiger partial charge is 0.338 e. The standard InChI is InChI=1S/C14H20N2O5S/c1-5-15-13(17)10(2)21-14(18)11-7-6-8-12(9-11)22(19,20)16(3)4/h6-10H,5H2,1-4H3,(H,15,17)/t10-/m1/s1. The molecule has 0 heterocycles. The molecule has 0 radical (unpaired) electrons. The maximum absolute atomic E-state index is 12.0. The first kappa shape index (κ1) is 18.1. The first-order chi connectivity index (χ1) is 10.2. The molecule has 1 amide bonds. The molecule has 1 atom stereocenters. The molecular formula is C14H20N2O5S. The van der Waals surface area contributed by atoms with Crippen molar-refractivity contribution >= 4 is 21.9 Å². The Morgan fingerprint density at radius 3 is 2.50 bits per heavy atom. The van der Waals surface area contributed by atoms with Gasteiger partial charge >= 0.3 is 5.97 Å². The second kappa shape index (κ2) is 7.37. The lowest BCUT2D eigenvalue weighted by Crippen LogP contribution is -2.35. The number of amides is 1. The summed E-state index contributed by atoms with van der Waals surface area (Å²) in [5.74, 6) is -1.16. The van der Waals surface area contributed by atoms with Crippen LogP contribution in [-0.4, -0.2) is 51.3 Å². The second-order valence-corrected chi connectivity index (χ2v) is 6.91. The number of hydrogen-bond donors (Lipinski definition) is 1. The molecule has 7 nitrogen and oxygen atoms in total. The van der Waals surface area contributed by atoms with E-state index in [-0.39, 0.29) is 10.5 Å². The van der Waals surface area contributed by atoms with Crippen LogP contribution in [0.2, 0.25) is 0 Å². The van der Waals surface area contributed by atoms with Gasteiger partial charge in [0.2, 0.25) is 10.0 Å². The largest absolute Gasteiger partial charge is 0.449 e. The molecule has 0 unspecified atom stereocenters. The van der Waals surface area contributed by atoms with E-state index in [2.05, 4.69) is 5.32 Å². The molecule has 1 aromatic carbocycles. The molecular weight excluding hydrogens is 308 g/mol. The highest BCUT2D eigenvalue weighted by atomic mass is 32.2. The number of esters is 1. The second-order valence-electron chi connectivity index (χ2n) is 4.76. The van der Waals surface area contributed by atoms with Crippen molar-refractivity contribution in [3.05, 3.63) is 29.8 Å². The Morgan fingerprint density at radius 1 is 1.32 bits per heavy atom. The minimum Gasteiger partial charge on any atom is -0.449 e. The van der Waals surface area contributed by atoms with E-state index in [1.54, 1.807) is 6.92 Å². The third-order valence-electron chi connectivity index (χ3n) is 2.85. The van der Waals surface area contributed by atoms with Gasteiger partial charge in [0.15, 0.2) is 6.10 Å². The van der Waals surface area contributed by atoms with Crippen molar-refractivity contribution in [1.82, 2.24) is 9.62 Å². The highest BCUT2D eigenvalue weighted by molar-refractivity contribution is 7.89. The van der Waals surface area contributed by atoms with Crippen molar-refractivity contribution in [2.24, 2.45) is 0 Å². The minimum absolute atomic E-state index is 0.0161. The summed E-state index contributed by atoms with van der Waals surface area (Å²) in [6, 6.07) is 5.49. The Morgan fingerprint density at radius 2 is 1.95 bits per heavy atom. The molecule has 0 aliphatic carbocycles. The number of rotatable bonds is 6. The van der Waals surface area contributed by atoms with Gasteiger partial charge in [0.05, 0.1) is 10.5 Å². The quantitative estimate of drug-likeness (QED) is 0.773. The van der Waals surface area contributed by atoms with Gasteiger partial charge < -0.3 is 10.1 Å². The van der Waals surface area contributed by atoms with Crippen molar-refractivity contribution in [1.29, 1.82) is 0 Å². The van der Waals surface area contributed by atoms with Crippen LogP contribution in [0.1, 0.15) is 24.2 Å². The topological polar surface area (TPSA) is 92.8 Å². The number of ether oxygens (including phenoxy) is 1. The summed E-state index contributed by atoms with van der Waals surface area (Å²) in [5, 5.41) is 2.53. The predicted molar refractivity (Wildman–Crippen MR) is 80.9 cm³/mol. The van der Waals surface area contributed by atoms with Crippen LogP contribution in [-0.2, 0) is 19.6 Å². The van der Waals surface area contributed by atoms with Gasteiger partial charge in [-0.05, 0) is 32.0 Å². The van der Waals surface area contributed by atoms with Gasteiger partial charge in [-0.2, -0.15) is 0 Å².